The maximum absolute atomic E-state index is 5.53. The van der Waals surface area contributed by atoms with Crippen LogP contribution in [0.25, 0.3) is 16.0 Å². The normalized spacial score (nSPS) is 18.2. The van der Waals surface area contributed by atoms with E-state index in [1.54, 1.807) is 10.8 Å². The molecule has 0 fully saturated rings. The molecule has 2 aliphatic heterocycles. The minimum atomic E-state index is -1.08. The van der Waals surface area contributed by atoms with Crippen molar-refractivity contribution in [1.82, 2.24) is 0 Å². The summed E-state index contributed by atoms with van der Waals surface area (Å²) in [5.74, 6) is 1.26. The summed E-state index contributed by atoms with van der Waals surface area (Å²) in [6, 6.07) is 16.8. The van der Waals surface area contributed by atoms with Crippen LogP contribution in [0.5, 0.6) is 0 Å². The second-order valence-electron chi connectivity index (χ2n) is 6.57. The van der Waals surface area contributed by atoms with Gasteiger partial charge in [-0.2, -0.15) is 17.5 Å². The first-order chi connectivity index (χ1) is 10.1. The molecule has 0 saturated heterocycles. The molecule has 6 rings (SSSR count). The second kappa shape index (κ2) is 7.83. The van der Waals surface area contributed by atoms with Crippen LogP contribution in [0.3, 0.4) is 0 Å². The van der Waals surface area contributed by atoms with Crippen molar-refractivity contribution in [3.63, 3.8) is 0 Å². The molecule has 1 aromatic heterocycles. The van der Waals surface area contributed by atoms with Gasteiger partial charge in [-0.1, -0.05) is 24.7 Å². The molecular weight excluding hydrogens is 434 g/mol. The molecule has 0 spiro atoms. The van der Waals surface area contributed by atoms with Gasteiger partial charge in [0.05, 0.1) is 14.3 Å². The summed E-state index contributed by atoms with van der Waals surface area (Å²) < 4.78 is 5.53. The molecule has 5 heteroatoms. The zero-order valence-electron chi connectivity index (χ0n) is 13.9. The first-order valence-electron chi connectivity index (χ1n) is 7.50. The van der Waals surface area contributed by atoms with Crippen LogP contribution >= 0.6 is 0 Å². The Bertz CT molecular complexity index is 833. The van der Waals surface area contributed by atoms with Gasteiger partial charge in [0.25, 0.3) is 0 Å². The van der Waals surface area contributed by atoms with Gasteiger partial charge in [-0.25, -0.2) is 0 Å². The number of furan rings is 1. The molecule has 1 unspecified atom stereocenters. The quantitative estimate of drug-likeness (QED) is 0.331. The van der Waals surface area contributed by atoms with E-state index >= 15 is 0 Å². The summed E-state index contributed by atoms with van der Waals surface area (Å²) >= 11 is 0. The molecule has 24 heavy (non-hydrogen) atoms. The molecule has 1 aliphatic carbocycles. The molecule has 3 aliphatic rings. The fourth-order valence-electron chi connectivity index (χ4n) is 4.17. The third-order valence-electron chi connectivity index (χ3n) is 4.97. The number of allylic oxidation sites excluding steroid dienone is 1. The molecule has 0 saturated carbocycles. The minimum Gasteiger partial charge on any atom is -1.00 e. The van der Waals surface area contributed by atoms with Crippen molar-refractivity contribution in [1.29, 1.82) is 0 Å². The Balaban J connectivity index is 0.000000220. The molecule has 2 bridgehead atoms. The van der Waals surface area contributed by atoms with E-state index in [0.717, 1.165) is 0 Å². The Morgan fingerprint density at radius 1 is 1.04 bits per heavy atom. The van der Waals surface area contributed by atoms with E-state index < -0.39 is 8.07 Å². The van der Waals surface area contributed by atoms with E-state index in [-0.39, 0.29) is 51.0 Å². The topological polar surface area (TPSA) is 13.1 Å². The fourth-order valence-corrected chi connectivity index (χ4v) is 8.39. The Kier molecular flexibility index (Phi) is 7.03. The number of halogens is 2. The van der Waals surface area contributed by atoms with Crippen LogP contribution in [0.15, 0.2) is 64.8 Å². The maximum atomic E-state index is 5.53. The molecule has 0 amide bonds. The van der Waals surface area contributed by atoms with Gasteiger partial charge in [0.15, 0.2) is 0 Å². The summed E-state index contributed by atoms with van der Waals surface area (Å²) in [6.45, 7) is 7.14. The van der Waals surface area contributed by atoms with Crippen LogP contribution in [0, 0.1) is 0 Å². The second-order valence-corrected chi connectivity index (χ2v) is 11.1. The number of rotatable bonds is 0. The molecule has 3 aromatic rings. The van der Waals surface area contributed by atoms with Crippen molar-refractivity contribution in [2.24, 2.45) is 0 Å². The predicted molar refractivity (Wildman–Crippen MR) is 91.1 cm³/mol. The smallest absolute Gasteiger partial charge is 1.00 e. The van der Waals surface area contributed by atoms with Crippen molar-refractivity contribution >= 4 is 24.0 Å². The summed E-state index contributed by atoms with van der Waals surface area (Å²) in [7, 11) is -1.08. The molecule has 1 nitrogen and oxygen atoms in total. The van der Waals surface area contributed by atoms with E-state index in [2.05, 4.69) is 68.5 Å². The minimum absolute atomic E-state index is 0. The zero-order valence-corrected chi connectivity index (χ0v) is 18.9. The Labute approximate surface area is 175 Å². The molecule has 0 N–H and O–H groups in total. The van der Waals surface area contributed by atoms with Crippen LogP contribution in [0.4, 0.5) is 0 Å². The van der Waals surface area contributed by atoms with Crippen LogP contribution < -0.4 is 24.8 Å². The van der Waals surface area contributed by atoms with E-state index in [1.807, 2.05) is 6.26 Å². The van der Waals surface area contributed by atoms with Gasteiger partial charge in [0, 0.05) is 11.1 Å². The number of benzene rings is 1. The van der Waals surface area contributed by atoms with Crippen molar-refractivity contribution in [2.45, 2.75) is 25.6 Å². The number of hydrogen-bond acceptors (Lipinski definition) is 1. The third kappa shape index (κ3) is 3.05. The standard InChI is InChI=1S/C10H12OSi.C9H7.2ClH.Zr/c1-6-9-7-4-5-11-8(7)10(6)12(9,2)3;1-2-5-9-7-3-6-8(9)4-1;;;/h4-5,10H,1-3H3;1-7H;2*1H;/q;-1;;;+3/p-2. The maximum Gasteiger partial charge on any atom is 3.00 e. The van der Waals surface area contributed by atoms with E-state index in [0.29, 0.717) is 5.54 Å². The van der Waals surface area contributed by atoms with E-state index in [9.17, 15) is 0 Å². The zero-order chi connectivity index (χ0) is 14.6. The van der Waals surface area contributed by atoms with Gasteiger partial charge < -0.3 is 29.2 Å². The van der Waals surface area contributed by atoms with Crippen LogP contribution in [0.1, 0.15) is 23.8 Å². The van der Waals surface area contributed by atoms with Gasteiger partial charge >= 0.3 is 26.2 Å². The first kappa shape index (κ1) is 21.6. The Morgan fingerprint density at radius 3 is 2.38 bits per heavy atom. The van der Waals surface area contributed by atoms with Gasteiger partial charge in [0.2, 0.25) is 0 Å². The summed E-state index contributed by atoms with van der Waals surface area (Å²) in [5.41, 5.74) is 3.72. The first-order valence-corrected chi connectivity index (χ1v) is 10.6. The molecule has 1 radical (unpaired) electrons. The SMILES string of the molecule is CC1=C2c3ccoc3C1[Si]2(C)C.[Cl-].[Cl-].[Zr+3].c1ccc2[cH-]ccc2c1. The molecule has 2 aromatic carbocycles. The monoisotopic (exact) mass is 451 g/mol. The van der Waals surface area contributed by atoms with Crippen LogP contribution in [-0.2, 0) is 26.2 Å². The summed E-state index contributed by atoms with van der Waals surface area (Å²) in [5, 5.41) is 4.33. The average Bonchev–Trinajstić information content (AvgIpc) is 3.14. The van der Waals surface area contributed by atoms with Gasteiger partial charge in [-0.05, 0) is 18.2 Å². The number of hydrogen-bond donors (Lipinski definition) is 0. The predicted octanol–water partition coefficient (Wildman–Crippen LogP) is -0.485. The van der Waals surface area contributed by atoms with Crippen molar-refractivity contribution in [3.8, 4) is 0 Å². The fraction of sp³-hybridized carbons (Fsp3) is 0.211. The summed E-state index contributed by atoms with van der Waals surface area (Å²) in [4.78, 5) is 0. The molecular formula is C19H19Cl2OSiZr. The summed E-state index contributed by atoms with van der Waals surface area (Å²) in [6.07, 6.45) is 1.83. The van der Waals surface area contributed by atoms with Crippen LogP contribution in [0.2, 0.25) is 13.1 Å². The molecule has 3 heterocycles. The van der Waals surface area contributed by atoms with Crippen molar-refractivity contribution in [2.75, 3.05) is 0 Å². The third-order valence-corrected chi connectivity index (χ3v) is 9.06. The van der Waals surface area contributed by atoms with Gasteiger partial charge in [0.1, 0.15) is 5.76 Å². The molecule has 123 valence electrons. The van der Waals surface area contributed by atoms with E-state index in [1.165, 1.54) is 22.1 Å². The Morgan fingerprint density at radius 2 is 1.75 bits per heavy atom. The largest absolute Gasteiger partial charge is 3.00 e. The average molecular weight is 454 g/mol. The van der Waals surface area contributed by atoms with Crippen LogP contribution in [-0.4, -0.2) is 8.07 Å². The van der Waals surface area contributed by atoms with Gasteiger partial charge in [-0.3, -0.25) is 0 Å². The molecule has 1 atom stereocenters. The van der Waals surface area contributed by atoms with E-state index in [4.69, 9.17) is 4.42 Å². The van der Waals surface area contributed by atoms with Crippen molar-refractivity contribution < 1.29 is 55.4 Å². The Hall–Kier alpha value is -0.470. The number of fused-ring (bicyclic) bond motifs is 1. The van der Waals surface area contributed by atoms with Gasteiger partial charge in [-0.15, -0.1) is 29.7 Å². The van der Waals surface area contributed by atoms with Crippen molar-refractivity contribution in [3.05, 3.63) is 71.7 Å².